The molecule has 3 rings (SSSR count). The van der Waals surface area contributed by atoms with Crippen LogP contribution >= 0.6 is 0 Å². The Morgan fingerprint density at radius 1 is 1.04 bits per heavy atom. The topological polar surface area (TPSA) is 54.8 Å². The van der Waals surface area contributed by atoms with Crippen molar-refractivity contribution in [1.82, 2.24) is 14.4 Å². The smallest absolute Gasteiger partial charge is 0.410 e. The molecular weight excluding hydrogens is 342 g/mol. The molecule has 0 saturated carbocycles. The molecule has 0 bridgehead atoms. The van der Waals surface area contributed by atoms with Gasteiger partial charge in [0.1, 0.15) is 5.60 Å². The lowest BCUT2D eigenvalue weighted by molar-refractivity contribution is 0.0143. The number of amides is 1. The Morgan fingerprint density at radius 2 is 1.70 bits per heavy atom. The quantitative estimate of drug-likeness (QED) is 0.773. The number of aromatic nitrogens is 1. The van der Waals surface area contributed by atoms with Crippen LogP contribution in [0.4, 0.5) is 4.79 Å². The van der Waals surface area contributed by atoms with Gasteiger partial charge in [0, 0.05) is 61.9 Å². The van der Waals surface area contributed by atoms with E-state index in [1.807, 2.05) is 45.2 Å². The molecule has 27 heavy (non-hydrogen) atoms. The van der Waals surface area contributed by atoms with Crippen LogP contribution in [-0.2, 0) is 11.3 Å². The van der Waals surface area contributed by atoms with E-state index >= 15 is 0 Å². The van der Waals surface area contributed by atoms with Crippen LogP contribution in [0.25, 0.3) is 10.9 Å². The third-order valence-corrected chi connectivity index (χ3v) is 4.85. The fraction of sp³-hybridized carbons (Fsp3) is 0.524. The van der Waals surface area contributed by atoms with E-state index in [-0.39, 0.29) is 11.9 Å². The van der Waals surface area contributed by atoms with Gasteiger partial charge in [-0.25, -0.2) is 4.79 Å². The summed E-state index contributed by atoms with van der Waals surface area (Å²) in [4.78, 5) is 28.2. The van der Waals surface area contributed by atoms with Crippen LogP contribution < -0.4 is 0 Å². The summed E-state index contributed by atoms with van der Waals surface area (Å²) in [5.74, 6) is 0.0934. The monoisotopic (exact) mass is 371 g/mol. The van der Waals surface area contributed by atoms with E-state index in [0.717, 1.165) is 42.6 Å². The third kappa shape index (κ3) is 4.69. The van der Waals surface area contributed by atoms with Crippen LogP contribution in [0.5, 0.6) is 0 Å². The van der Waals surface area contributed by atoms with Gasteiger partial charge in [0.2, 0.25) is 0 Å². The predicted octanol–water partition coefficient (Wildman–Crippen LogP) is 3.40. The van der Waals surface area contributed by atoms with Crippen molar-refractivity contribution in [2.75, 3.05) is 32.7 Å². The highest BCUT2D eigenvalue weighted by Crippen LogP contribution is 2.22. The molecule has 1 fully saturated rings. The number of carbonyl (C=O) groups excluding carboxylic acids is 2. The van der Waals surface area contributed by atoms with Gasteiger partial charge in [-0.2, -0.15) is 0 Å². The molecule has 0 radical (unpaired) electrons. The number of piperazine rings is 1. The highest BCUT2D eigenvalue weighted by atomic mass is 16.6. The maximum atomic E-state index is 12.2. The minimum atomic E-state index is -0.460. The van der Waals surface area contributed by atoms with E-state index in [9.17, 15) is 9.59 Å². The van der Waals surface area contributed by atoms with Crippen LogP contribution in [-0.4, -0.2) is 64.6 Å². The number of hydrogen-bond acceptors (Lipinski definition) is 4. The summed E-state index contributed by atoms with van der Waals surface area (Å²) in [7, 11) is 0. The van der Waals surface area contributed by atoms with Crippen molar-refractivity contribution in [3.63, 3.8) is 0 Å². The molecule has 0 spiro atoms. The first-order chi connectivity index (χ1) is 12.7. The largest absolute Gasteiger partial charge is 0.444 e. The first kappa shape index (κ1) is 19.4. The van der Waals surface area contributed by atoms with Crippen molar-refractivity contribution in [2.45, 2.75) is 39.8 Å². The Bertz CT molecular complexity index is 827. The summed E-state index contributed by atoms with van der Waals surface area (Å²) in [6, 6.07) is 8.03. The summed E-state index contributed by atoms with van der Waals surface area (Å²) in [6.45, 7) is 12.0. The Hall–Kier alpha value is -2.34. The van der Waals surface area contributed by atoms with Crippen molar-refractivity contribution in [3.05, 3.63) is 36.0 Å². The standard InChI is InChI=1S/C21H29N3O3/c1-16(25)18-15-24(19-8-6-5-7-17(18)19)14-11-22-9-12-23(13-10-22)20(26)27-21(2,3)4/h5-8,15H,9-14H2,1-4H3. The normalized spacial score (nSPS) is 15.9. The highest BCUT2D eigenvalue weighted by Gasteiger charge is 2.25. The van der Waals surface area contributed by atoms with Gasteiger partial charge in [-0.3, -0.25) is 9.69 Å². The molecule has 2 aromatic rings. The Morgan fingerprint density at radius 3 is 2.33 bits per heavy atom. The second-order valence-electron chi connectivity index (χ2n) is 8.12. The second-order valence-corrected chi connectivity index (χ2v) is 8.12. The van der Waals surface area contributed by atoms with E-state index in [0.29, 0.717) is 13.1 Å². The summed E-state index contributed by atoms with van der Waals surface area (Å²) in [6.07, 6.45) is 1.73. The molecule has 0 atom stereocenters. The number of carbonyl (C=O) groups is 2. The second kappa shape index (κ2) is 7.72. The maximum absolute atomic E-state index is 12.2. The van der Waals surface area contributed by atoms with E-state index < -0.39 is 5.60 Å². The summed E-state index contributed by atoms with van der Waals surface area (Å²) >= 11 is 0. The lowest BCUT2D eigenvalue weighted by atomic mass is 10.1. The summed E-state index contributed by atoms with van der Waals surface area (Å²) in [5.41, 5.74) is 1.41. The van der Waals surface area contributed by atoms with Gasteiger partial charge in [-0.15, -0.1) is 0 Å². The van der Waals surface area contributed by atoms with Crippen LogP contribution in [0.3, 0.4) is 0 Å². The minimum absolute atomic E-state index is 0.0934. The molecule has 6 nitrogen and oxygen atoms in total. The molecule has 1 amide bonds. The van der Waals surface area contributed by atoms with E-state index in [1.165, 1.54) is 0 Å². The van der Waals surface area contributed by atoms with Crippen LogP contribution in [0, 0.1) is 0 Å². The Labute approximate surface area is 160 Å². The van der Waals surface area contributed by atoms with Gasteiger partial charge < -0.3 is 14.2 Å². The molecule has 0 N–H and O–H groups in total. The number of para-hydroxylation sites is 1. The number of hydrogen-bond donors (Lipinski definition) is 0. The first-order valence-corrected chi connectivity index (χ1v) is 9.54. The number of ketones is 1. The Kier molecular flexibility index (Phi) is 5.56. The molecule has 0 aliphatic carbocycles. The minimum Gasteiger partial charge on any atom is -0.444 e. The lowest BCUT2D eigenvalue weighted by Crippen LogP contribution is -2.50. The van der Waals surface area contributed by atoms with Gasteiger partial charge in [-0.1, -0.05) is 18.2 Å². The fourth-order valence-corrected chi connectivity index (χ4v) is 3.44. The van der Waals surface area contributed by atoms with Gasteiger partial charge in [0.15, 0.2) is 5.78 Å². The molecule has 1 aliphatic rings. The van der Waals surface area contributed by atoms with Crippen molar-refractivity contribution < 1.29 is 14.3 Å². The predicted molar refractivity (Wildman–Crippen MR) is 106 cm³/mol. The molecule has 1 aliphatic heterocycles. The number of fused-ring (bicyclic) bond motifs is 1. The zero-order valence-corrected chi connectivity index (χ0v) is 16.7. The molecular formula is C21H29N3O3. The van der Waals surface area contributed by atoms with Crippen molar-refractivity contribution >= 4 is 22.8 Å². The highest BCUT2D eigenvalue weighted by molar-refractivity contribution is 6.06. The molecule has 2 heterocycles. The summed E-state index contributed by atoms with van der Waals surface area (Å²) in [5, 5.41) is 1.01. The van der Waals surface area contributed by atoms with Gasteiger partial charge in [0.05, 0.1) is 0 Å². The van der Waals surface area contributed by atoms with Crippen molar-refractivity contribution in [3.8, 4) is 0 Å². The number of ether oxygens (including phenoxy) is 1. The molecule has 6 heteroatoms. The molecule has 1 saturated heterocycles. The number of rotatable bonds is 4. The Balaban J connectivity index is 1.57. The van der Waals surface area contributed by atoms with Gasteiger partial charge in [-0.05, 0) is 33.8 Å². The summed E-state index contributed by atoms with van der Waals surface area (Å²) < 4.78 is 7.61. The average Bonchev–Trinajstić information content (AvgIpc) is 2.98. The van der Waals surface area contributed by atoms with Crippen molar-refractivity contribution in [2.24, 2.45) is 0 Å². The van der Waals surface area contributed by atoms with E-state index in [1.54, 1.807) is 11.8 Å². The van der Waals surface area contributed by atoms with Crippen molar-refractivity contribution in [1.29, 1.82) is 0 Å². The molecule has 0 unspecified atom stereocenters. The van der Waals surface area contributed by atoms with Crippen LogP contribution in [0.1, 0.15) is 38.1 Å². The SMILES string of the molecule is CC(=O)c1cn(CCN2CCN(C(=O)OC(C)(C)C)CC2)c2ccccc12. The molecule has 1 aromatic heterocycles. The zero-order chi connectivity index (χ0) is 19.6. The molecule has 1 aromatic carbocycles. The fourth-order valence-electron chi connectivity index (χ4n) is 3.44. The number of Topliss-reactive ketones (excluding diaryl/α,β-unsaturated/α-hetero) is 1. The van der Waals surface area contributed by atoms with Gasteiger partial charge >= 0.3 is 6.09 Å². The van der Waals surface area contributed by atoms with Crippen LogP contribution in [0.15, 0.2) is 30.5 Å². The molecule has 146 valence electrons. The first-order valence-electron chi connectivity index (χ1n) is 9.54. The zero-order valence-electron chi connectivity index (χ0n) is 16.7. The van der Waals surface area contributed by atoms with Gasteiger partial charge in [0.25, 0.3) is 0 Å². The van der Waals surface area contributed by atoms with E-state index in [4.69, 9.17) is 4.74 Å². The third-order valence-electron chi connectivity index (χ3n) is 4.85. The number of nitrogens with zero attached hydrogens (tertiary/aromatic N) is 3. The maximum Gasteiger partial charge on any atom is 0.410 e. The average molecular weight is 371 g/mol. The van der Waals surface area contributed by atoms with E-state index in [2.05, 4.69) is 15.5 Å². The number of benzene rings is 1. The van der Waals surface area contributed by atoms with Crippen LogP contribution in [0.2, 0.25) is 0 Å². The lowest BCUT2D eigenvalue weighted by Gasteiger charge is -2.35.